The number of thiophene rings is 1. The molecule has 0 bridgehead atoms. The van der Waals surface area contributed by atoms with Crippen molar-refractivity contribution in [2.24, 2.45) is 0 Å². The van der Waals surface area contributed by atoms with Crippen molar-refractivity contribution in [3.63, 3.8) is 0 Å². The normalized spacial score (nSPS) is 22.8. The highest BCUT2D eigenvalue weighted by Gasteiger charge is 2.31. The van der Waals surface area contributed by atoms with Crippen LogP contribution in [0, 0.1) is 27.7 Å². The summed E-state index contributed by atoms with van der Waals surface area (Å²) >= 11 is 4.06. The summed E-state index contributed by atoms with van der Waals surface area (Å²) in [6.07, 6.45) is 0. The Morgan fingerprint density at radius 2 is 1.56 bits per heavy atom. The van der Waals surface area contributed by atoms with Crippen molar-refractivity contribution in [1.82, 2.24) is 0 Å². The summed E-state index contributed by atoms with van der Waals surface area (Å²) in [7, 11) is 0. The minimum absolute atomic E-state index is 0.691. The van der Waals surface area contributed by atoms with Crippen LogP contribution in [0.3, 0.4) is 0 Å². The predicted octanol–water partition coefficient (Wildman–Crippen LogP) is 5.73. The Hall–Kier alpha value is -0.470. The molecule has 0 nitrogen and oxygen atoms in total. The topological polar surface area (TPSA) is 0 Å². The minimum Gasteiger partial charge on any atom is -0.140 e. The molecule has 2 atom stereocenters. The van der Waals surface area contributed by atoms with E-state index in [9.17, 15) is 0 Å². The second-order valence-electron chi connectivity index (χ2n) is 5.59. The summed E-state index contributed by atoms with van der Waals surface area (Å²) in [5, 5.41) is 2.25. The average Bonchev–Trinajstić information content (AvgIpc) is 2.78. The first-order valence-electron chi connectivity index (χ1n) is 6.62. The smallest absolute Gasteiger partial charge is 0.0383 e. The molecule has 2 unspecified atom stereocenters. The lowest BCUT2D eigenvalue weighted by molar-refractivity contribution is 0.756. The van der Waals surface area contributed by atoms with Gasteiger partial charge in [0.05, 0.1) is 0 Å². The van der Waals surface area contributed by atoms with E-state index < -0.39 is 0 Å². The zero-order valence-corrected chi connectivity index (χ0v) is 13.6. The van der Waals surface area contributed by atoms with E-state index in [0.717, 1.165) is 5.25 Å². The van der Waals surface area contributed by atoms with E-state index in [1.807, 2.05) is 11.3 Å². The van der Waals surface area contributed by atoms with Crippen LogP contribution in [0.2, 0.25) is 0 Å². The molecule has 18 heavy (non-hydrogen) atoms. The number of fused-ring (bicyclic) bond motifs is 2. The molecular formula is C16H20S2. The highest BCUT2D eigenvalue weighted by Crippen LogP contribution is 2.52. The largest absolute Gasteiger partial charge is 0.140 e. The molecule has 0 saturated heterocycles. The predicted molar refractivity (Wildman–Crippen MR) is 84.5 cm³/mol. The van der Waals surface area contributed by atoms with Crippen molar-refractivity contribution in [1.29, 1.82) is 0 Å². The Morgan fingerprint density at radius 3 is 2.22 bits per heavy atom. The van der Waals surface area contributed by atoms with Gasteiger partial charge in [0, 0.05) is 19.7 Å². The van der Waals surface area contributed by atoms with Gasteiger partial charge in [0.25, 0.3) is 0 Å². The first-order valence-corrected chi connectivity index (χ1v) is 8.32. The Labute approximate surface area is 118 Å². The van der Waals surface area contributed by atoms with Gasteiger partial charge in [0.15, 0.2) is 0 Å². The molecule has 0 spiro atoms. The van der Waals surface area contributed by atoms with Crippen LogP contribution >= 0.6 is 23.1 Å². The maximum absolute atomic E-state index is 2.38. The van der Waals surface area contributed by atoms with E-state index in [4.69, 9.17) is 0 Å². The molecule has 0 radical (unpaired) electrons. The summed E-state index contributed by atoms with van der Waals surface area (Å²) < 4.78 is 1.53. The second-order valence-corrected chi connectivity index (χ2v) is 8.20. The van der Waals surface area contributed by atoms with Gasteiger partial charge in [-0.1, -0.05) is 13.8 Å². The lowest BCUT2D eigenvalue weighted by atomic mass is 9.90. The van der Waals surface area contributed by atoms with Crippen molar-refractivity contribution >= 4 is 33.2 Å². The molecule has 1 aromatic heterocycles. The van der Waals surface area contributed by atoms with Gasteiger partial charge in [0.2, 0.25) is 0 Å². The number of thioether (sulfide) groups is 1. The molecule has 3 rings (SSSR count). The quantitative estimate of drug-likeness (QED) is 0.592. The fraction of sp³-hybridized carbons (Fsp3) is 0.500. The lowest BCUT2D eigenvalue weighted by Crippen LogP contribution is -2.02. The van der Waals surface area contributed by atoms with Crippen molar-refractivity contribution in [2.45, 2.75) is 57.6 Å². The van der Waals surface area contributed by atoms with Crippen LogP contribution in [0.25, 0.3) is 10.1 Å². The lowest BCUT2D eigenvalue weighted by Gasteiger charge is -2.13. The molecule has 2 heteroatoms. The third-order valence-electron chi connectivity index (χ3n) is 4.55. The van der Waals surface area contributed by atoms with Crippen LogP contribution in [-0.2, 0) is 0 Å². The van der Waals surface area contributed by atoms with E-state index in [1.54, 1.807) is 10.5 Å². The van der Waals surface area contributed by atoms with Crippen molar-refractivity contribution < 1.29 is 0 Å². The number of hydrogen-bond donors (Lipinski definition) is 0. The van der Waals surface area contributed by atoms with E-state index in [0.29, 0.717) is 5.92 Å². The molecule has 2 heterocycles. The van der Waals surface area contributed by atoms with Crippen LogP contribution in [0.1, 0.15) is 46.9 Å². The van der Waals surface area contributed by atoms with Crippen LogP contribution in [0.15, 0.2) is 4.90 Å². The Kier molecular flexibility index (Phi) is 2.80. The van der Waals surface area contributed by atoms with Gasteiger partial charge >= 0.3 is 0 Å². The van der Waals surface area contributed by atoms with Gasteiger partial charge in [-0.2, -0.15) is 0 Å². The number of hydrogen-bond acceptors (Lipinski definition) is 2. The molecule has 1 aliphatic heterocycles. The first-order chi connectivity index (χ1) is 8.43. The van der Waals surface area contributed by atoms with Crippen LogP contribution < -0.4 is 0 Å². The van der Waals surface area contributed by atoms with E-state index in [1.165, 1.54) is 31.7 Å². The number of rotatable bonds is 0. The SMILES string of the molecule is Cc1sc2c(C)c3c(c(C)c2c1C)SC(C)C3C. The molecule has 2 aromatic rings. The standard InChI is InChI=1S/C16H20S2/c1-7-11(5)17-15-10(4)14-8(2)12(6)18-16(14)9(3)13(7)15/h7,11H,1-6H3. The minimum atomic E-state index is 0.691. The summed E-state index contributed by atoms with van der Waals surface area (Å²) in [5.74, 6) is 0.691. The maximum Gasteiger partial charge on any atom is 0.0383 e. The monoisotopic (exact) mass is 276 g/mol. The van der Waals surface area contributed by atoms with Crippen LogP contribution in [0.4, 0.5) is 0 Å². The van der Waals surface area contributed by atoms with Gasteiger partial charge < -0.3 is 0 Å². The maximum atomic E-state index is 2.38. The van der Waals surface area contributed by atoms with Gasteiger partial charge in [-0.15, -0.1) is 23.1 Å². The Bertz CT molecular complexity index is 649. The van der Waals surface area contributed by atoms with Gasteiger partial charge in [0.1, 0.15) is 0 Å². The molecule has 96 valence electrons. The summed E-state index contributed by atoms with van der Waals surface area (Å²) in [4.78, 5) is 3.05. The van der Waals surface area contributed by atoms with E-state index in [-0.39, 0.29) is 0 Å². The first kappa shape index (κ1) is 12.6. The molecule has 1 aromatic carbocycles. The van der Waals surface area contributed by atoms with Crippen LogP contribution in [0.5, 0.6) is 0 Å². The molecular weight excluding hydrogens is 256 g/mol. The Morgan fingerprint density at radius 1 is 0.889 bits per heavy atom. The second kappa shape index (κ2) is 4.01. The third kappa shape index (κ3) is 1.45. The fourth-order valence-electron chi connectivity index (χ4n) is 3.17. The van der Waals surface area contributed by atoms with Gasteiger partial charge in [-0.05, 0) is 61.3 Å². The van der Waals surface area contributed by atoms with Crippen molar-refractivity contribution in [2.75, 3.05) is 0 Å². The Balaban J connectivity index is 2.47. The highest BCUT2D eigenvalue weighted by molar-refractivity contribution is 8.00. The van der Waals surface area contributed by atoms with Gasteiger partial charge in [-0.3, -0.25) is 0 Å². The van der Waals surface area contributed by atoms with Gasteiger partial charge in [-0.25, -0.2) is 0 Å². The zero-order chi connectivity index (χ0) is 13.2. The van der Waals surface area contributed by atoms with Crippen molar-refractivity contribution in [3.05, 3.63) is 27.1 Å². The molecule has 1 aliphatic rings. The summed E-state index contributed by atoms with van der Waals surface area (Å²) in [6, 6.07) is 0. The van der Waals surface area contributed by atoms with Crippen molar-refractivity contribution in [3.8, 4) is 0 Å². The fourth-order valence-corrected chi connectivity index (χ4v) is 5.86. The van der Waals surface area contributed by atoms with E-state index in [2.05, 4.69) is 53.3 Å². The summed E-state index contributed by atoms with van der Waals surface area (Å²) in [6.45, 7) is 13.9. The molecule has 0 fully saturated rings. The summed E-state index contributed by atoms with van der Waals surface area (Å²) in [5.41, 5.74) is 6.18. The van der Waals surface area contributed by atoms with Crippen LogP contribution in [-0.4, -0.2) is 5.25 Å². The molecule has 0 N–H and O–H groups in total. The molecule has 0 aliphatic carbocycles. The molecule has 0 amide bonds. The number of aryl methyl sites for hydroxylation is 4. The average molecular weight is 276 g/mol. The number of benzene rings is 1. The molecule has 0 saturated carbocycles. The highest BCUT2D eigenvalue weighted by atomic mass is 32.2. The third-order valence-corrected chi connectivity index (χ3v) is 7.42. The van der Waals surface area contributed by atoms with E-state index >= 15 is 0 Å². The zero-order valence-electron chi connectivity index (χ0n) is 12.0.